The van der Waals surface area contributed by atoms with Crippen LogP contribution < -0.4 is 4.90 Å². The Morgan fingerprint density at radius 2 is 1.88 bits per heavy atom. The van der Waals surface area contributed by atoms with Gasteiger partial charge in [-0.25, -0.2) is 4.98 Å². The van der Waals surface area contributed by atoms with E-state index in [9.17, 15) is 13.2 Å². The quantitative estimate of drug-likeness (QED) is 0.737. The van der Waals surface area contributed by atoms with Gasteiger partial charge in [-0.05, 0) is 31.4 Å². The van der Waals surface area contributed by atoms with E-state index in [-0.39, 0.29) is 5.56 Å². The molecule has 2 heterocycles. The normalized spacial score (nSPS) is 16.9. The predicted molar refractivity (Wildman–Crippen MR) is 55.4 cm³/mol. The number of aryl methyl sites for hydroxylation is 1. The van der Waals surface area contributed by atoms with Crippen molar-refractivity contribution in [2.24, 2.45) is 0 Å². The van der Waals surface area contributed by atoms with Crippen molar-refractivity contribution in [3.8, 4) is 0 Å². The zero-order valence-corrected chi connectivity index (χ0v) is 9.01. The second-order valence-electron chi connectivity index (χ2n) is 4.05. The van der Waals surface area contributed by atoms with Crippen LogP contribution in [-0.4, -0.2) is 18.1 Å². The van der Waals surface area contributed by atoms with Gasteiger partial charge < -0.3 is 4.90 Å². The molecule has 2 rings (SSSR count). The molecule has 0 amide bonds. The third-order valence-corrected chi connectivity index (χ3v) is 2.82. The molecule has 16 heavy (non-hydrogen) atoms. The molecule has 0 bridgehead atoms. The van der Waals surface area contributed by atoms with Crippen LogP contribution in [0.25, 0.3) is 0 Å². The Kier molecular flexibility index (Phi) is 2.78. The Morgan fingerprint density at radius 1 is 1.25 bits per heavy atom. The second kappa shape index (κ2) is 3.96. The van der Waals surface area contributed by atoms with Crippen molar-refractivity contribution in [1.82, 2.24) is 4.98 Å². The molecule has 1 saturated heterocycles. The summed E-state index contributed by atoms with van der Waals surface area (Å²) in [5.74, 6) is 0.440. The molecule has 1 aromatic rings. The van der Waals surface area contributed by atoms with Gasteiger partial charge in [0.15, 0.2) is 0 Å². The van der Waals surface area contributed by atoms with Crippen LogP contribution in [0.15, 0.2) is 12.3 Å². The van der Waals surface area contributed by atoms with Crippen LogP contribution in [0.5, 0.6) is 0 Å². The van der Waals surface area contributed by atoms with Crippen LogP contribution in [0.4, 0.5) is 19.0 Å². The highest BCUT2D eigenvalue weighted by molar-refractivity contribution is 5.45. The van der Waals surface area contributed by atoms with Gasteiger partial charge in [0.05, 0.1) is 5.56 Å². The maximum atomic E-state index is 12.7. The van der Waals surface area contributed by atoms with Gasteiger partial charge in [0, 0.05) is 19.3 Å². The van der Waals surface area contributed by atoms with Crippen LogP contribution >= 0.6 is 0 Å². The smallest absolute Gasteiger partial charge is 0.357 e. The predicted octanol–water partition coefficient (Wildman–Crippen LogP) is 3.01. The van der Waals surface area contributed by atoms with Gasteiger partial charge in [0.1, 0.15) is 5.82 Å². The highest BCUT2D eigenvalue weighted by Crippen LogP contribution is 2.33. The number of rotatable bonds is 1. The van der Waals surface area contributed by atoms with E-state index >= 15 is 0 Å². The fourth-order valence-electron chi connectivity index (χ4n) is 1.94. The van der Waals surface area contributed by atoms with Crippen molar-refractivity contribution >= 4 is 5.82 Å². The van der Waals surface area contributed by atoms with Gasteiger partial charge in [-0.1, -0.05) is 0 Å². The first-order chi connectivity index (χ1) is 7.48. The SMILES string of the molecule is Cc1cnc(N2CCCC2)cc1C(F)(F)F. The Morgan fingerprint density at radius 3 is 2.44 bits per heavy atom. The maximum absolute atomic E-state index is 12.7. The van der Waals surface area contributed by atoms with E-state index in [1.165, 1.54) is 13.1 Å². The Labute approximate surface area is 92.1 Å². The van der Waals surface area contributed by atoms with Crippen molar-refractivity contribution in [1.29, 1.82) is 0 Å². The number of nitrogens with zero attached hydrogens (tertiary/aromatic N) is 2. The fraction of sp³-hybridized carbons (Fsp3) is 0.545. The number of hydrogen-bond acceptors (Lipinski definition) is 2. The number of alkyl halides is 3. The van der Waals surface area contributed by atoms with Crippen molar-refractivity contribution in [2.45, 2.75) is 25.9 Å². The van der Waals surface area contributed by atoms with Crippen molar-refractivity contribution < 1.29 is 13.2 Å². The molecular formula is C11H13F3N2. The molecule has 0 radical (unpaired) electrons. The number of hydrogen-bond donors (Lipinski definition) is 0. The average molecular weight is 230 g/mol. The largest absolute Gasteiger partial charge is 0.416 e. The van der Waals surface area contributed by atoms with E-state index in [1.54, 1.807) is 0 Å². The summed E-state index contributed by atoms with van der Waals surface area (Å²) in [7, 11) is 0. The van der Waals surface area contributed by atoms with Crippen LogP contribution in [0, 0.1) is 6.92 Å². The minimum atomic E-state index is -4.29. The third-order valence-electron chi connectivity index (χ3n) is 2.82. The van der Waals surface area contributed by atoms with Gasteiger partial charge in [0.2, 0.25) is 0 Å². The minimum absolute atomic E-state index is 0.176. The zero-order valence-electron chi connectivity index (χ0n) is 9.01. The van der Waals surface area contributed by atoms with Gasteiger partial charge >= 0.3 is 6.18 Å². The molecule has 0 saturated carbocycles. The lowest BCUT2D eigenvalue weighted by molar-refractivity contribution is -0.138. The van der Waals surface area contributed by atoms with Crippen LogP contribution in [0.3, 0.4) is 0 Å². The number of aromatic nitrogens is 1. The molecule has 0 aliphatic carbocycles. The van der Waals surface area contributed by atoms with E-state index in [1.807, 2.05) is 4.90 Å². The Bertz CT molecular complexity index is 381. The molecule has 88 valence electrons. The first-order valence-electron chi connectivity index (χ1n) is 5.27. The van der Waals surface area contributed by atoms with Crippen LogP contribution in [0.2, 0.25) is 0 Å². The number of halogens is 3. The topological polar surface area (TPSA) is 16.1 Å². The third kappa shape index (κ3) is 2.13. The summed E-state index contributed by atoms with van der Waals surface area (Å²) < 4.78 is 38.0. The maximum Gasteiger partial charge on any atom is 0.416 e. The van der Waals surface area contributed by atoms with Crippen molar-refractivity contribution in [3.05, 3.63) is 23.4 Å². The fourth-order valence-corrected chi connectivity index (χ4v) is 1.94. The monoisotopic (exact) mass is 230 g/mol. The molecule has 1 aliphatic rings. The number of pyridine rings is 1. The van der Waals surface area contributed by atoms with E-state index in [2.05, 4.69) is 4.98 Å². The lowest BCUT2D eigenvalue weighted by atomic mass is 10.1. The summed E-state index contributed by atoms with van der Waals surface area (Å²) in [6.45, 7) is 3.03. The zero-order chi connectivity index (χ0) is 11.8. The number of anilines is 1. The Hall–Kier alpha value is -1.26. The highest BCUT2D eigenvalue weighted by Gasteiger charge is 2.33. The average Bonchev–Trinajstić information content (AvgIpc) is 2.69. The molecule has 0 unspecified atom stereocenters. The molecule has 0 atom stereocenters. The molecule has 1 aliphatic heterocycles. The molecule has 2 nitrogen and oxygen atoms in total. The Balaban J connectivity index is 2.35. The minimum Gasteiger partial charge on any atom is -0.357 e. The van der Waals surface area contributed by atoms with Gasteiger partial charge in [-0.3, -0.25) is 0 Å². The van der Waals surface area contributed by atoms with E-state index in [0.717, 1.165) is 32.0 Å². The van der Waals surface area contributed by atoms with E-state index < -0.39 is 11.7 Å². The van der Waals surface area contributed by atoms with Crippen molar-refractivity contribution in [2.75, 3.05) is 18.0 Å². The standard InChI is InChI=1S/C11H13F3N2/c1-8-7-15-10(16-4-2-3-5-16)6-9(8)11(12,13)14/h6-7H,2-5H2,1H3. The summed E-state index contributed by atoms with van der Waals surface area (Å²) >= 11 is 0. The second-order valence-corrected chi connectivity index (χ2v) is 4.05. The van der Waals surface area contributed by atoms with Gasteiger partial charge in [-0.2, -0.15) is 13.2 Å². The molecule has 0 spiro atoms. The molecule has 0 aromatic carbocycles. The molecule has 1 fully saturated rings. The van der Waals surface area contributed by atoms with Gasteiger partial charge in [0.25, 0.3) is 0 Å². The summed E-state index contributed by atoms with van der Waals surface area (Å²) in [4.78, 5) is 5.96. The van der Waals surface area contributed by atoms with Gasteiger partial charge in [-0.15, -0.1) is 0 Å². The van der Waals surface area contributed by atoms with Crippen molar-refractivity contribution in [3.63, 3.8) is 0 Å². The van der Waals surface area contributed by atoms with E-state index in [4.69, 9.17) is 0 Å². The molecule has 5 heteroatoms. The first-order valence-corrected chi connectivity index (χ1v) is 5.27. The molecular weight excluding hydrogens is 217 g/mol. The van der Waals surface area contributed by atoms with Crippen LogP contribution in [0.1, 0.15) is 24.0 Å². The summed E-state index contributed by atoms with van der Waals surface area (Å²) in [6, 6.07) is 1.15. The first kappa shape index (κ1) is 11.2. The van der Waals surface area contributed by atoms with Crippen LogP contribution in [-0.2, 0) is 6.18 Å². The summed E-state index contributed by atoms with van der Waals surface area (Å²) in [5, 5.41) is 0. The highest BCUT2D eigenvalue weighted by atomic mass is 19.4. The molecule has 0 N–H and O–H groups in total. The van der Waals surface area contributed by atoms with E-state index in [0.29, 0.717) is 5.82 Å². The lowest BCUT2D eigenvalue weighted by Crippen LogP contribution is -2.20. The summed E-state index contributed by atoms with van der Waals surface area (Å²) in [6.07, 6.45) is -0.939. The summed E-state index contributed by atoms with van der Waals surface area (Å²) in [5.41, 5.74) is -0.403. The molecule has 1 aromatic heterocycles. The lowest BCUT2D eigenvalue weighted by Gasteiger charge is -2.18.